The molecule has 0 unspecified atom stereocenters. The molecule has 1 saturated carbocycles. The first kappa shape index (κ1) is 15.7. The van der Waals surface area contributed by atoms with Crippen molar-refractivity contribution in [2.45, 2.75) is 23.7 Å². The number of aldehydes is 1. The minimum Gasteiger partial charge on any atom is -0.298 e. The highest BCUT2D eigenvalue weighted by molar-refractivity contribution is 7.90. The molecular weight excluding hydrogens is 338 g/mol. The molecule has 4 rings (SSSR count). The number of nitrogens with zero attached hydrogens (tertiary/aromatic N) is 3. The van der Waals surface area contributed by atoms with E-state index in [1.807, 2.05) is 0 Å². The van der Waals surface area contributed by atoms with Crippen LogP contribution >= 0.6 is 0 Å². The standard InChI is InChI=1S/C18H15N3O3S/c22-12-15-11-21(25(23,24)16-2-1-7-20-10-16)18(17(15)13-3-4-13)14-5-8-19-9-6-14/h1-2,5-13H,3-4H2. The Labute approximate surface area is 145 Å². The molecule has 1 aliphatic carbocycles. The molecule has 7 heteroatoms. The number of carbonyl (C=O) groups excluding carboxylic acids is 1. The van der Waals surface area contributed by atoms with Crippen LogP contribution in [0.15, 0.2) is 60.1 Å². The predicted octanol–water partition coefficient (Wildman–Crippen LogP) is 2.87. The van der Waals surface area contributed by atoms with E-state index in [-0.39, 0.29) is 10.8 Å². The zero-order valence-corrected chi connectivity index (χ0v) is 14.1. The Kier molecular flexibility index (Phi) is 3.73. The zero-order valence-electron chi connectivity index (χ0n) is 13.2. The van der Waals surface area contributed by atoms with Crippen molar-refractivity contribution in [1.29, 1.82) is 0 Å². The zero-order chi connectivity index (χ0) is 17.4. The Morgan fingerprint density at radius 1 is 1.08 bits per heavy atom. The van der Waals surface area contributed by atoms with Gasteiger partial charge in [0.2, 0.25) is 0 Å². The van der Waals surface area contributed by atoms with Crippen LogP contribution in [0.1, 0.15) is 34.7 Å². The molecule has 0 N–H and O–H groups in total. The summed E-state index contributed by atoms with van der Waals surface area (Å²) in [5.41, 5.74) is 2.48. The third-order valence-electron chi connectivity index (χ3n) is 4.30. The topological polar surface area (TPSA) is 81.9 Å². The van der Waals surface area contributed by atoms with E-state index in [0.717, 1.165) is 30.3 Å². The highest BCUT2D eigenvalue weighted by atomic mass is 32.2. The largest absolute Gasteiger partial charge is 0.298 e. The molecule has 0 bridgehead atoms. The lowest BCUT2D eigenvalue weighted by atomic mass is 10.0. The fourth-order valence-electron chi connectivity index (χ4n) is 3.01. The van der Waals surface area contributed by atoms with Crippen LogP contribution in [0.2, 0.25) is 0 Å². The minimum atomic E-state index is -3.86. The van der Waals surface area contributed by atoms with Gasteiger partial charge in [0.1, 0.15) is 4.90 Å². The second-order valence-corrected chi connectivity index (χ2v) is 7.78. The maximum absolute atomic E-state index is 13.1. The number of hydrogen-bond donors (Lipinski definition) is 0. The fraction of sp³-hybridized carbons (Fsp3) is 0.167. The first-order valence-corrected chi connectivity index (χ1v) is 9.33. The van der Waals surface area contributed by atoms with E-state index >= 15 is 0 Å². The van der Waals surface area contributed by atoms with Crippen LogP contribution in [0.3, 0.4) is 0 Å². The SMILES string of the molecule is O=Cc1cn(S(=O)(=O)c2cccnc2)c(-c2ccncc2)c1C1CC1. The van der Waals surface area contributed by atoms with Gasteiger partial charge in [-0.3, -0.25) is 14.8 Å². The summed E-state index contributed by atoms with van der Waals surface area (Å²) in [4.78, 5) is 19.6. The van der Waals surface area contributed by atoms with E-state index in [9.17, 15) is 13.2 Å². The first-order chi connectivity index (χ1) is 12.1. The van der Waals surface area contributed by atoms with Gasteiger partial charge in [0.25, 0.3) is 10.0 Å². The summed E-state index contributed by atoms with van der Waals surface area (Å²) in [6, 6.07) is 6.58. The number of aromatic nitrogens is 3. The summed E-state index contributed by atoms with van der Waals surface area (Å²) in [6.07, 6.45) is 10.1. The summed E-state index contributed by atoms with van der Waals surface area (Å²) in [5, 5.41) is 0. The fourth-order valence-corrected chi connectivity index (χ4v) is 4.37. The van der Waals surface area contributed by atoms with Crippen molar-refractivity contribution in [2.75, 3.05) is 0 Å². The van der Waals surface area contributed by atoms with Crippen LogP contribution in [-0.2, 0) is 10.0 Å². The highest BCUT2D eigenvalue weighted by Gasteiger charge is 2.34. The van der Waals surface area contributed by atoms with E-state index in [1.54, 1.807) is 30.6 Å². The number of pyridine rings is 2. The van der Waals surface area contributed by atoms with Gasteiger partial charge in [-0.25, -0.2) is 12.4 Å². The second-order valence-electron chi connectivity index (χ2n) is 5.96. The molecule has 1 aliphatic rings. The van der Waals surface area contributed by atoms with Crippen molar-refractivity contribution in [3.8, 4) is 11.3 Å². The average Bonchev–Trinajstić information content (AvgIpc) is 3.42. The Morgan fingerprint density at radius 3 is 2.44 bits per heavy atom. The smallest absolute Gasteiger partial charge is 0.269 e. The van der Waals surface area contributed by atoms with Gasteiger partial charge in [0.05, 0.1) is 5.69 Å². The number of carbonyl (C=O) groups is 1. The molecule has 3 aromatic rings. The monoisotopic (exact) mass is 353 g/mol. The van der Waals surface area contributed by atoms with Crippen LogP contribution in [0, 0.1) is 0 Å². The van der Waals surface area contributed by atoms with Crippen LogP contribution in [0.4, 0.5) is 0 Å². The molecule has 3 heterocycles. The van der Waals surface area contributed by atoms with Crippen molar-refractivity contribution < 1.29 is 13.2 Å². The van der Waals surface area contributed by atoms with Gasteiger partial charge in [0, 0.05) is 42.1 Å². The molecule has 0 radical (unpaired) electrons. The summed E-state index contributed by atoms with van der Waals surface area (Å²) in [5.74, 6) is 0.216. The highest BCUT2D eigenvalue weighted by Crippen LogP contribution is 2.47. The van der Waals surface area contributed by atoms with E-state index in [0.29, 0.717) is 11.3 Å². The van der Waals surface area contributed by atoms with E-state index in [2.05, 4.69) is 9.97 Å². The van der Waals surface area contributed by atoms with Crippen molar-refractivity contribution in [3.63, 3.8) is 0 Å². The van der Waals surface area contributed by atoms with Crippen molar-refractivity contribution in [2.24, 2.45) is 0 Å². The van der Waals surface area contributed by atoms with E-state index in [4.69, 9.17) is 0 Å². The lowest BCUT2D eigenvalue weighted by Gasteiger charge is -2.12. The minimum absolute atomic E-state index is 0.0834. The maximum atomic E-state index is 13.1. The molecule has 126 valence electrons. The summed E-state index contributed by atoms with van der Waals surface area (Å²) >= 11 is 0. The maximum Gasteiger partial charge on any atom is 0.269 e. The van der Waals surface area contributed by atoms with Crippen molar-refractivity contribution in [3.05, 3.63) is 66.4 Å². The predicted molar refractivity (Wildman–Crippen MR) is 91.8 cm³/mol. The molecule has 0 saturated heterocycles. The van der Waals surface area contributed by atoms with Crippen LogP contribution in [0.25, 0.3) is 11.3 Å². The Bertz CT molecular complexity index is 1020. The summed E-state index contributed by atoms with van der Waals surface area (Å²) in [7, 11) is -3.86. The van der Waals surface area contributed by atoms with Gasteiger partial charge >= 0.3 is 0 Å². The van der Waals surface area contributed by atoms with Gasteiger partial charge in [-0.05, 0) is 48.6 Å². The third kappa shape index (κ3) is 2.66. The van der Waals surface area contributed by atoms with Crippen molar-refractivity contribution in [1.82, 2.24) is 13.9 Å². The Hall–Kier alpha value is -2.80. The lowest BCUT2D eigenvalue weighted by molar-refractivity contribution is 0.112. The van der Waals surface area contributed by atoms with Gasteiger partial charge in [0.15, 0.2) is 6.29 Å². The van der Waals surface area contributed by atoms with Crippen LogP contribution < -0.4 is 0 Å². The first-order valence-electron chi connectivity index (χ1n) is 7.89. The third-order valence-corrected chi connectivity index (χ3v) is 5.94. The molecule has 0 spiro atoms. The Morgan fingerprint density at radius 2 is 1.84 bits per heavy atom. The van der Waals surface area contributed by atoms with Gasteiger partial charge < -0.3 is 0 Å². The summed E-state index contributed by atoms with van der Waals surface area (Å²) in [6.45, 7) is 0. The molecule has 0 amide bonds. The summed E-state index contributed by atoms with van der Waals surface area (Å²) < 4.78 is 27.5. The van der Waals surface area contributed by atoms with Gasteiger partial charge in [-0.1, -0.05) is 0 Å². The van der Waals surface area contributed by atoms with Crippen LogP contribution in [0.5, 0.6) is 0 Å². The van der Waals surface area contributed by atoms with Crippen molar-refractivity contribution >= 4 is 16.3 Å². The average molecular weight is 353 g/mol. The second kappa shape index (κ2) is 5.93. The molecule has 0 atom stereocenters. The molecular formula is C18H15N3O3S. The van der Waals surface area contributed by atoms with E-state index < -0.39 is 10.0 Å². The van der Waals surface area contributed by atoms with Gasteiger partial charge in [-0.2, -0.15) is 0 Å². The molecule has 0 aromatic carbocycles. The van der Waals surface area contributed by atoms with Gasteiger partial charge in [-0.15, -0.1) is 0 Å². The molecule has 25 heavy (non-hydrogen) atoms. The lowest BCUT2D eigenvalue weighted by Crippen LogP contribution is -2.14. The quantitative estimate of drug-likeness (QED) is 0.659. The number of hydrogen-bond acceptors (Lipinski definition) is 5. The van der Waals surface area contributed by atoms with E-state index in [1.165, 1.54) is 28.6 Å². The molecule has 0 aliphatic heterocycles. The molecule has 6 nitrogen and oxygen atoms in total. The Balaban J connectivity index is 2.02. The molecule has 1 fully saturated rings. The molecule has 3 aromatic heterocycles. The van der Waals surface area contributed by atoms with Crippen LogP contribution in [-0.4, -0.2) is 28.6 Å². The normalized spacial score (nSPS) is 14.4. The number of rotatable bonds is 5.